The van der Waals surface area contributed by atoms with Gasteiger partial charge in [-0.05, 0) is 13.8 Å². The van der Waals surface area contributed by atoms with E-state index in [0.29, 0.717) is 0 Å². The predicted octanol–water partition coefficient (Wildman–Crippen LogP) is -1.33. The Bertz CT molecular complexity index is 540. The highest BCUT2D eigenvalue weighted by molar-refractivity contribution is 5.78. The minimum atomic E-state index is -1.91. The molecule has 0 saturated carbocycles. The lowest BCUT2D eigenvalue weighted by Crippen LogP contribution is -2.67. The maximum absolute atomic E-state index is 12.2. The van der Waals surface area contributed by atoms with Gasteiger partial charge in [-0.2, -0.15) is 0 Å². The van der Waals surface area contributed by atoms with Gasteiger partial charge >= 0.3 is 5.97 Å². The second-order valence-electron chi connectivity index (χ2n) is 6.89. The van der Waals surface area contributed by atoms with E-state index in [9.17, 15) is 19.8 Å². The largest absolute Gasteiger partial charge is 0.465 e. The fraction of sp³-hybridized carbons (Fsp3) is 0.875. The molecule has 10 nitrogen and oxygen atoms in total. The molecule has 26 heavy (non-hydrogen) atoms. The van der Waals surface area contributed by atoms with Gasteiger partial charge in [-0.3, -0.25) is 4.79 Å². The first-order valence-electron chi connectivity index (χ1n) is 8.31. The van der Waals surface area contributed by atoms with Gasteiger partial charge in [0.25, 0.3) is 5.79 Å². The lowest BCUT2D eigenvalue weighted by Gasteiger charge is -2.46. The van der Waals surface area contributed by atoms with E-state index in [4.69, 9.17) is 23.7 Å². The fourth-order valence-corrected chi connectivity index (χ4v) is 3.25. The predicted molar refractivity (Wildman–Crippen MR) is 85.8 cm³/mol. The highest BCUT2D eigenvalue weighted by atomic mass is 16.8. The van der Waals surface area contributed by atoms with Crippen LogP contribution in [0.2, 0.25) is 0 Å². The summed E-state index contributed by atoms with van der Waals surface area (Å²) in [6.07, 6.45) is -4.82. The minimum absolute atomic E-state index is 0.0785. The Balaban J connectivity index is 2.31. The van der Waals surface area contributed by atoms with Gasteiger partial charge in [0.1, 0.15) is 18.3 Å². The van der Waals surface area contributed by atoms with Gasteiger partial charge in [0.05, 0.1) is 25.9 Å². The molecule has 0 bridgehead atoms. The number of hydrogen-bond donors (Lipinski definition) is 3. The van der Waals surface area contributed by atoms with Crippen molar-refractivity contribution in [3.8, 4) is 0 Å². The van der Waals surface area contributed by atoms with E-state index in [0.717, 1.165) is 7.11 Å². The maximum atomic E-state index is 12.2. The quantitative estimate of drug-likeness (QED) is 0.498. The van der Waals surface area contributed by atoms with Gasteiger partial charge in [-0.15, -0.1) is 0 Å². The van der Waals surface area contributed by atoms with E-state index in [-0.39, 0.29) is 13.0 Å². The second-order valence-corrected chi connectivity index (χ2v) is 6.89. The normalized spacial score (nSPS) is 37.8. The van der Waals surface area contributed by atoms with Crippen molar-refractivity contribution in [2.45, 2.75) is 69.2 Å². The first kappa shape index (κ1) is 21.0. The van der Waals surface area contributed by atoms with Gasteiger partial charge in [0.2, 0.25) is 5.91 Å². The average Bonchev–Trinajstić information content (AvgIpc) is 2.94. The molecule has 10 heteroatoms. The van der Waals surface area contributed by atoms with E-state index < -0.39 is 53.9 Å². The van der Waals surface area contributed by atoms with Crippen molar-refractivity contribution in [1.29, 1.82) is 0 Å². The lowest BCUT2D eigenvalue weighted by atomic mass is 9.88. The number of esters is 1. The Morgan fingerprint density at radius 1 is 1.27 bits per heavy atom. The fourth-order valence-electron chi connectivity index (χ4n) is 3.25. The molecule has 0 spiro atoms. The van der Waals surface area contributed by atoms with Crippen LogP contribution in [-0.4, -0.2) is 84.9 Å². The molecule has 150 valence electrons. The van der Waals surface area contributed by atoms with Crippen molar-refractivity contribution in [3.05, 3.63) is 0 Å². The zero-order valence-electron chi connectivity index (χ0n) is 15.6. The number of carbonyl (C=O) groups is 2. The number of aliphatic hydroxyl groups is 2. The summed E-state index contributed by atoms with van der Waals surface area (Å²) in [5.74, 6) is -4.10. The van der Waals surface area contributed by atoms with Crippen LogP contribution in [0.1, 0.15) is 27.2 Å². The van der Waals surface area contributed by atoms with Crippen molar-refractivity contribution < 1.29 is 43.5 Å². The van der Waals surface area contributed by atoms with E-state index in [1.807, 2.05) is 0 Å². The molecule has 2 heterocycles. The minimum Gasteiger partial charge on any atom is -0.465 e. The Morgan fingerprint density at radius 3 is 2.38 bits per heavy atom. The number of nitrogens with one attached hydrogen (secondary N) is 1. The molecule has 0 aliphatic carbocycles. The molecule has 6 atom stereocenters. The zero-order chi connectivity index (χ0) is 19.7. The third-order valence-electron chi connectivity index (χ3n) is 4.52. The van der Waals surface area contributed by atoms with Crippen molar-refractivity contribution >= 4 is 11.9 Å². The van der Waals surface area contributed by atoms with Crippen LogP contribution < -0.4 is 5.32 Å². The molecule has 2 fully saturated rings. The van der Waals surface area contributed by atoms with Gasteiger partial charge in [-0.1, -0.05) is 0 Å². The number of methoxy groups -OCH3 is 2. The molecule has 0 aromatic rings. The summed E-state index contributed by atoms with van der Waals surface area (Å²) < 4.78 is 26.7. The van der Waals surface area contributed by atoms with Crippen LogP contribution in [0.5, 0.6) is 0 Å². The molecule has 2 saturated heterocycles. The number of carbonyl (C=O) groups excluding carboxylic acids is 2. The van der Waals surface area contributed by atoms with Gasteiger partial charge in [-0.25, -0.2) is 4.79 Å². The topological polar surface area (TPSA) is 133 Å². The van der Waals surface area contributed by atoms with E-state index in [1.54, 1.807) is 13.8 Å². The molecule has 0 aromatic heterocycles. The summed E-state index contributed by atoms with van der Waals surface area (Å²) in [4.78, 5) is 23.7. The van der Waals surface area contributed by atoms with Gasteiger partial charge < -0.3 is 39.2 Å². The molecule has 2 aliphatic rings. The van der Waals surface area contributed by atoms with E-state index >= 15 is 0 Å². The molecule has 1 amide bonds. The van der Waals surface area contributed by atoms with Crippen LogP contribution in [-0.2, 0) is 33.3 Å². The summed E-state index contributed by atoms with van der Waals surface area (Å²) in [6.45, 7) is 4.73. The number of aliphatic hydroxyl groups excluding tert-OH is 2. The first-order chi connectivity index (χ1) is 12.0. The van der Waals surface area contributed by atoms with Crippen molar-refractivity contribution in [3.63, 3.8) is 0 Å². The summed E-state index contributed by atoms with van der Waals surface area (Å²) in [5, 5.41) is 23.9. The standard InChI is InChI=1S/C16H27NO9/c1-8(18)17-11-9(19)6-16(23-5,14(21)22-4)26-13(11)12(20)10-7-24-15(2,3)25-10/h9-13,19-20H,6-7H2,1-5H3,(H,17,18)/t9?,10-,11?,12-,13?,16?/m1/s1. The molecule has 4 unspecified atom stereocenters. The number of rotatable bonds is 5. The Kier molecular flexibility index (Phi) is 6.26. The zero-order valence-corrected chi connectivity index (χ0v) is 15.6. The number of hydrogen-bond acceptors (Lipinski definition) is 9. The van der Waals surface area contributed by atoms with Crippen molar-refractivity contribution in [2.75, 3.05) is 20.8 Å². The van der Waals surface area contributed by atoms with Crippen LogP contribution in [0, 0.1) is 0 Å². The monoisotopic (exact) mass is 377 g/mol. The summed E-state index contributed by atoms with van der Waals surface area (Å²) in [6, 6.07) is -0.984. The van der Waals surface area contributed by atoms with Gasteiger partial charge in [0.15, 0.2) is 5.79 Å². The second kappa shape index (κ2) is 7.75. The third kappa shape index (κ3) is 4.16. The highest BCUT2D eigenvalue weighted by Gasteiger charge is 2.56. The van der Waals surface area contributed by atoms with Crippen LogP contribution in [0.4, 0.5) is 0 Å². The van der Waals surface area contributed by atoms with Crippen molar-refractivity contribution in [1.82, 2.24) is 5.32 Å². The molecule has 0 aromatic carbocycles. The van der Waals surface area contributed by atoms with Gasteiger partial charge in [0, 0.05) is 20.5 Å². The molecule has 2 aliphatic heterocycles. The van der Waals surface area contributed by atoms with Crippen LogP contribution >= 0.6 is 0 Å². The number of amides is 1. The molecular formula is C16H27NO9. The average molecular weight is 377 g/mol. The van der Waals surface area contributed by atoms with E-state index in [1.165, 1.54) is 14.0 Å². The summed E-state index contributed by atoms with van der Waals surface area (Å²) >= 11 is 0. The van der Waals surface area contributed by atoms with Crippen molar-refractivity contribution in [2.24, 2.45) is 0 Å². The molecule has 0 radical (unpaired) electrons. The molecule has 2 rings (SSSR count). The third-order valence-corrected chi connectivity index (χ3v) is 4.52. The van der Waals surface area contributed by atoms with Crippen LogP contribution in [0.3, 0.4) is 0 Å². The maximum Gasteiger partial charge on any atom is 0.366 e. The van der Waals surface area contributed by atoms with Crippen LogP contribution in [0.25, 0.3) is 0 Å². The first-order valence-corrected chi connectivity index (χ1v) is 8.31. The smallest absolute Gasteiger partial charge is 0.366 e. The summed E-state index contributed by atoms with van der Waals surface area (Å²) in [5.41, 5.74) is 0. The number of ether oxygens (including phenoxy) is 5. The Hall–Kier alpha value is -1.30. The van der Waals surface area contributed by atoms with Crippen LogP contribution in [0.15, 0.2) is 0 Å². The summed E-state index contributed by atoms with van der Waals surface area (Å²) in [7, 11) is 2.38. The molecule has 3 N–H and O–H groups in total. The SMILES string of the molecule is COC(=O)C1(OC)CC(O)C(NC(C)=O)C([C@H](O)[C@H]2COC(C)(C)O2)O1. The molecular weight excluding hydrogens is 350 g/mol. The Morgan fingerprint density at radius 2 is 1.92 bits per heavy atom. The van der Waals surface area contributed by atoms with E-state index in [2.05, 4.69) is 5.32 Å². The highest BCUT2D eigenvalue weighted by Crippen LogP contribution is 2.35. The lowest BCUT2D eigenvalue weighted by molar-refractivity contribution is -0.305. The Labute approximate surface area is 151 Å².